The number of carbonyl (C=O) groups excluding carboxylic acids is 1. The summed E-state index contributed by atoms with van der Waals surface area (Å²) in [6.45, 7) is 6.20. The second-order valence-corrected chi connectivity index (χ2v) is 6.04. The van der Waals surface area contributed by atoms with Gasteiger partial charge in [0.15, 0.2) is 0 Å². The van der Waals surface area contributed by atoms with Crippen LogP contribution in [0, 0.1) is 0 Å². The zero-order valence-electron chi connectivity index (χ0n) is 12.6. The number of ether oxygens (including phenoxy) is 1. The molecule has 0 fully saturated rings. The molecule has 0 saturated carbocycles. The van der Waals surface area contributed by atoms with Crippen LogP contribution in [0.1, 0.15) is 42.3 Å². The summed E-state index contributed by atoms with van der Waals surface area (Å²) in [6.07, 6.45) is 0. The third-order valence-corrected chi connectivity index (χ3v) is 3.25. The zero-order valence-corrected chi connectivity index (χ0v) is 12.6. The summed E-state index contributed by atoms with van der Waals surface area (Å²) < 4.78 is 5.30. The number of rotatable bonds is 3. The standard InChI is InChI=1S/C18H20O3/c1-18(2,3)15-11-14(9-10-16(15)19)17(20)21-12-13-7-5-4-6-8-13/h4-11,19H,12H2,1-3H3. The van der Waals surface area contributed by atoms with Gasteiger partial charge in [-0.1, -0.05) is 51.1 Å². The number of benzene rings is 2. The van der Waals surface area contributed by atoms with Gasteiger partial charge in [0, 0.05) is 5.56 Å². The Kier molecular flexibility index (Phi) is 4.32. The van der Waals surface area contributed by atoms with Gasteiger partial charge in [-0.2, -0.15) is 0 Å². The van der Waals surface area contributed by atoms with Crippen molar-refractivity contribution in [3.8, 4) is 5.75 Å². The van der Waals surface area contributed by atoms with Crippen LogP contribution in [0.5, 0.6) is 5.75 Å². The van der Waals surface area contributed by atoms with Gasteiger partial charge in [-0.25, -0.2) is 4.79 Å². The normalized spacial score (nSPS) is 11.2. The van der Waals surface area contributed by atoms with Crippen molar-refractivity contribution in [3.05, 3.63) is 65.2 Å². The molecule has 0 atom stereocenters. The highest BCUT2D eigenvalue weighted by molar-refractivity contribution is 5.90. The highest BCUT2D eigenvalue weighted by Crippen LogP contribution is 2.31. The Morgan fingerprint density at radius 3 is 2.38 bits per heavy atom. The van der Waals surface area contributed by atoms with E-state index in [1.165, 1.54) is 0 Å². The molecular formula is C18H20O3. The first-order chi connectivity index (χ1) is 9.88. The van der Waals surface area contributed by atoms with Crippen molar-refractivity contribution in [1.29, 1.82) is 0 Å². The fourth-order valence-corrected chi connectivity index (χ4v) is 2.07. The average Bonchev–Trinajstić information content (AvgIpc) is 2.45. The average molecular weight is 284 g/mol. The molecule has 0 radical (unpaired) electrons. The van der Waals surface area contributed by atoms with Gasteiger partial charge < -0.3 is 9.84 Å². The third kappa shape index (κ3) is 3.85. The topological polar surface area (TPSA) is 46.5 Å². The van der Waals surface area contributed by atoms with Gasteiger partial charge in [-0.05, 0) is 29.2 Å². The van der Waals surface area contributed by atoms with E-state index in [4.69, 9.17) is 4.74 Å². The van der Waals surface area contributed by atoms with Crippen molar-refractivity contribution in [1.82, 2.24) is 0 Å². The molecule has 2 rings (SSSR count). The summed E-state index contributed by atoms with van der Waals surface area (Å²) in [7, 11) is 0. The maximum atomic E-state index is 12.1. The molecule has 0 aliphatic carbocycles. The molecule has 0 bridgehead atoms. The van der Waals surface area contributed by atoms with Crippen molar-refractivity contribution in [3.63, 3.8) is 0 Å². The predicted octanol–water partition coefficient (Wildman–Crippen LogP) is 4.05. The van der Waals surface area contributed by atoms with E-state index in [0.717, 1.165) is 11.1 Å². The number of aromatic hydroxyl groups is 1. The Labute approximate surface area is 125 Å². The fraction of sp³-hybridized carbons (Fsp3) is 0.278. The lowest BCUT2D eigenvalue weighted by Crippen LogP contribution is -2.13. The fourth-order valence-electron chi connectivity index (χ4n) is 2.07. The van der Waals surface area contributed by atoms with Crippen molar-refractivity contribution in [2.75, 3.05) is 0 Å². The number of phenolic OH excluding ortho intramolecular Hbond substituents is 1. The van der Waals surface area contributed by atoms with Gasteiger partial charge in [0.1, 0.15) is 12.4 Å². The molecule has 0 amide bonds. The summed E-state index contributed by atoms with van der Waals surface area (Å²) in [6, 6.07) is 14.4. The van der Waals surface area contributed by atoms with Crippen LogP contribution in [-0.2, 0) is 16.8 Å². The van der Waals surface area contributed by atoms with E-state index < -0.39 is 0 Å². The minimum atomic E-state index is -0.385. The number of hydrogen-bond donors (Lipinski definition) is 1. The maximum Gasteiger partial charge on any atom is 0.338 e. The summed E-state index contributed by atoms with van der Waals surface area (Å²) in [4.78, 5) is 12.1. The molecule has 3 nitrogen and oxygen atoms in total. The first-order valence-electron chi connectivity index (χ1n) is 6.92. The molecule has 0 aromatic heterocycles. The molecule has 0 unspecified atom stereocenters. The lowest BCUT2D eigenvalue weighted by Gasteiger charge is -2.21. The van der Waals surface area contributed by atoms with E-state index in [-0.39, 0.29) is 23.7 Å². The molecule has 1 N–H and O–H groups in total. The van der Waals surface area contributed by atoms with Crippen LogP contribution in [0.4, 0.5) is 0 Å². The van der Waals surface area contributed by atoms with Crippen LogP contribution in [0.25, 0.3) is 0 Å². The van der Waals surface area contributed by atoms with Gasteiger partial charge in [0.05, 0.1) is 5.56 Å². The first-order valence-corrected chi connectivity index (χ1v) is 6.92. The van der Waals surface area contributed by atoms with Crippen LogP contribution < -0.4 is 0 Å². The molecule has 2 aromatic rings. The summed E-state index contributed by atoms with van der Waals surface area (Å²) in [5.74, 6) is -0.188. The third-order valence-electron chi connectivity index (χ3n) is 3.25. The Morgan fingerprint density at radius 2 is 1.76 bits per heavy atom. The van der Waals surface area contributed by atoms with Crippen LogP contribution in [0.15, 0.2) is 48.5 Å². The van der Waals surface area contributed by atoms with Crippen molar-refractivity contribution < 1.29 is 14.6 Å². The molecule has 0 spiro atoms. The molecule has 21 heavy (non-hydrogen) atoms. The predicted molar refractivity (Wildman–Crippen MR) is 82.4 cm³/mol. The Morgan fingerprint density at radius 1 is 1.10 bits per heavy atom. The lowest BCUT2D eigenvalue weighted by atomic mass is 9.85. The number of phenols is 1. The highest BCUT2D eigenvalue weighted by Gasteiger charge is 2.20. The largest absolute Gasteiger partial charge is 0.508 e. The molecule has 0 aliphatic heterocycles. The highest BCUT2D eigenvalue weighted by atomic mass is 16.5. The monoisotopic (exact) mass is 284 g/mol. The second-order valence-electron chi connectivity index (χ2n) is 6.04. The van der Waals surface area contributed by atoms with Crippen molar-refractivity contribution in [2.45, 2.75) is 32.8 Å². The van der Waals surface area contributed by atoms with Gasteiger partial charge in [0.25, 0.3) is 0 Å². The molecule has 0 heterocycles. The molecule has 2 aromatic carbocycles. The lowest BCUT2D eigenvalue weighted by molar-refractivity contribution is 0.0472. The van der Waals surface area contributed by atoms with E-state index in [0.29, 0.717) is 5.56 Å². The Balaban J connectivity index is 2.13. The zero-order chi connectivity index (χ0) is 15.5. The van der Waals surface area contributed by atoms with Gasteiger partial charge in [-0.15, -0.1) is 0 Å². The first kappa shape index (κ1) is 15.1. The maximum absolute atomic E-state index is 12.1. The molecule has 3 heteroatoms. The molecule has 110 valence electrons. The summed E-state index contributed by atoms with van der Waals surface area (Å²) in [5.41, 5.74) is 1.89. The smallest absolute Gasteiger partial charge is 0.338 e. The summed E-state index contributed by atoms with van der Waals surface area (Å²) in [5, 5.41) is 9.91. The Hall–Kier alpha value is -2.29. The molecular weight excluding hydrogens is 264 g/mol. The number of esters is 1. The van der Waals surface area contributed by atoms with Gasteiger partial charge in [0.2, 0.25) is 0 Å². The van der Waals surface area contributed by atoms with Crippen molar-refractivity contribution in [2.24, 2.45) is 0 Å². The van der Waals surface area contributed by atoms with Crippen LogP contribution in [0.3, 0.4) is 0 Å². The number of carbonyl (C=O) groups is 1. The summed E-state index contributed by atoms with van der Waals surface area (Å²) >= 11 is 0. The minimum absolute atomic E-state index is 0.196. The van der Waals surface area contributed by atoms with Crippen LogP contribution in [-0.4, -0.2) is 11.1 Å². The molecule has 0 aliphatic rings. The van der Waals surface area contributed by atoms with Crippen molar-refractivity contribution >= 4 is 5.97 Å². The Bertz CT molecular complexity index is 625. The van der Waals surface area contributed by atoms with E-state index >= 15 is 0 Å². The minimum Gasteiger partial charge on any atom is -0.508 e. The van der Waals surface area contributed by atoms with Crippen LogP contribution >= 0.6 is 0 Å². The molecule has 0 saturated heterocycles. The van der Waals surface area contributed by atoms with Gasteiger partial charge >= 0.3 is 5.97 Å². The second kappa shape index (κ2) is 6.00. The van der Waals surface area contributed by atoms with E-state index in [1.54, 1.807) is 18.2 Å². The van der Waals surface area contributed by atoms with E-state index in [2.05, 4.69) is 0 Å². The van der Waals surface area contributed by atoms with Gasteiger partial charge in [-0.3, -0.25) is 0 Å². The number of hydrogen-bond acceptors (Lipinski definition) is 3. The van der Waals surface area contributed by atoms with Crippen LogP contribution in [0.2, 0.25) is 0 Å². The SMILES string of the molecule is CC(C)(C)c1cc(C(=O)OCc2ccccc2)ccc1O. The van der Waals surface area contributed by atoms with E-state index in [9.17, 15) is 9.90 Å². The quantitative estimate of drug-likeness (QED) is 0.865. The van der Waals surface area contributed by atoms with E-state index in [1.807, 2.05) is 51.1 Å².